The number of carbonyl (C=O) groups excluding carboxylic acids is 2. The molecule has 2 aliphatic rings. The van der Waals surface area contributed by atoms with E-state index in [0.717, 1.165) is 0 Å². The minimum Gasteiger partial charge on any atom is -0.480 e. The van der Waals surface area contributed by atoms with Crippen LogP contribution in [0, 0.1) is 0 Å². The third-order valence-corrected chi connectivity index (χ3v) is 5.48. The van der Waals surface area contributed by atoms with Crippen LogP contribution in [0.4, 0.5) is 17.6 Å². The normalized spacial score (nSPS) is 23.9. The van der Waals surface area contributed by atoms with Gasteiger partial charge in [0, 0.05) is 12.8 Å². The summed E-state index contributed by atoms with van der Waals surface area (Å²) in [6.07, 6.45) is -2.59. The Kier molecular flexibility index (Phi) is 6.16. The Labute approximate surface area is 179 Å². The minimum atomic E-state index is -3.29. The predicted octanol–water partition coefficient (Wildman–Crippen LogP) is 1.41. The van der Waals surface area contributed by atoms with Gasteiger partial charge in [-0.05, 0) is 11.1 Å². The third kappa shape index (κ3) is 5.17. The minimum absolute atomic E-state index is 0.340. The molecule has 0 bridgehead atoms. The van der Waals surface area contributed by atoms with Gasteiger partial charge in [-0.15, -0.1) is 0 Å². The number of rotatable bonds is 6. The number of hydrogen-bond acceptors (Lipinski definition) is 4. The number of carboxylic acids is 2. The van der Waals surface area contributed by atoms with Crippen molar-refractivity contribution in [1.82, 2.24) is 9.80 Å². The fourth-order valence-corrected chi connectivity index (χ4v) is 3.93. The van der Waals surface area contributed by atoms with Crippen LogP contribution in [0.5, 0.6) is 0 Å². The molecule has 0 saturated carbocycles. The van der Waals surface area contributed by atoms with Gasteiger partial charge < -0.3 is 20.0 Å². The van der Waals surface area contributed by atoms with Crippen molar-refractivity contribution in [1.29, 1.82) is 0 Å². The van der Waals surface area contributed by atoms with Gasteiger partial charge in [-0.25, -0.2) is 27.2 Å². The number of likely N-dealkylation sites (tertiary alicyclic amines) is 2. The number of halogens is 4. The van der Waals surface area contributed by atoms with Crippen LogP contribution < -0.4 is 0 Å². The molecule has 0 aliphatic carbocycles. The largest absolute Gasteiger partial charge is 0.480 e. The molecule has 0 radical (unpaired) electrons. The Morgan fingerprint density at radius 1 is 0.750 bits per heavy atom. The van der Waals surface area contributed by atoms with Crippen LogP contribution >= 0.6 is 0 Å². The molecule has 0 spiro atoms. The quantitative estimate of drug-likeness (QED) is 0.621. The highest BCUT2D eigenvalue weighted by Gasteiger charge is 2.51. The summed E-state index contributed by atoms with van der Waals surface area (Å²) < 4.78 is 54.2. The number of hydrogen-bond donors (Lipinski definition) is 2. The Morgan fingerprint density at radius 2 is 1.06 bits per heavy atom. The molecule has 174 valence electrons. The van der Waals surface area contributed by atoms with E-state index in [4.69, 9.17) is 10.2 Å². The molecule has 2 heterocycles. The summed E-state index contributed by atoms with van der Waals surface area (Å²) in [5.41, 5.74) is 0.753. The Bertz CT molecular complexity index is 862. The highest BCUT2D eigenvalue weighted by atomic mass is 19.3. The highest BCUT2D eigenvalue weighted by Crippen LogP contribution is 2.33. The summed E-state index contributed by atoms with van der Waals surface area (Å²) in [6.45, 7) is -1.97. The lowest BCUT2D eigenvalue weighted by Gasteiger charge is -2.21. The van der Waals surface area contributed by atoms with E-state index in [0.29, 0.717) is 20.9 Å². The summed E-state index contributed by atoms with van der Waals surface area (Å²) in [5.74, 6) is -11.2. The highest BCUT2D eigenvalue weighted by molar-refractivity contribution is 5.87. The Hall–Kier alpha value is -3.18. The zero-order valence-electron chi connectivity index (χ0n) is 16.6. The molecule has 2 fully saturated rings. The SMILES string of the molecule is O=C(O)[C@H]1CC(F)(F)CN1C(=O)Cc1ccc(CC(=O)N2CC(F)(F)C[C@@H]2C(=O)O)cc1. The number of alkyl halides is 4. The van der Waals surface area contributed by atoms with Crippen molar-refractivity contribution in [2.45, 2.75) is 49.6 Å². The number of carbonyl (C=O) groups is 4. The van der Waals surface area contributed by atoms with Crippen LogP contribution in [0.1, 0.15) is 24.0 Å². The third-order valence-electron chi connectivity index (χ3n) is 5.48. The predicted molar refractivity (Wildman–Crippen MR) is 99.3 cm³/mol. The van der Waals surface area contributed by atoms with Gasteiger partial charge in [0.15, 0.2) is 0 Å². The van der Waals surface area contributed by atoms with Gasteiger partial charge in [-0.3, -0.25) is 9.59 Å². The summed E-state index contributed by atoms with van der Waals surface area (Å²) in [7, 11) is 0. The molecule has 3 rings (SSSR count). The van der Waals surface area contributed by atoms with Crippen molar-refractivity contribution in [2.75, 3.05) is 13.1 Å². The molecule has 2 N–H and O–H groups in total. The monoisotopic (exact) mass is 460 g/mol. The number of benzene rings is 1. The molecule has 8 nitrogen and oxygen atoms in total. The van der Waals surface area contributed by atoms with Crippen molar-refractivity contribution in [3.05, 3.63) is 35.4 Å². The summed E-state index contributed by atoms with van der Waals surface area (Å²) >= 11 is 0. The molecular formula is C20H20F4N2O6. The molecule has 0 unspecified atom stereocenters. The van der Waals surface area contributed by atoms with E-state index in [1.807, 2.05) is 0 Å². The molecule has 0 aromatic heterocycles. The lowest BCUT2D eigenvalue weighted by molar-refractivity contribution is -0.148. The first kappa shape index (κ1) is 23.5. The zero-order chi connectivity index (χ0) is 23.8. The second-order valence-electron chi connectivity index (χ2n) is 8.04. The topological polar surface area (TPSA) is 115 Å². The van der Waals surface area contributed by atoms with Gasteiger partial charge in [0.1, 0.15) is 12.1 Å². The zero-order valence-corrected chi connectivity index (χ0v) is 16.6. The van der Waals surface area contributed by atoms with E-state index in [2.05, 4.69) is 0 Å². The van der Waals surface area contributed by atoms with E-state index in [1.165, 1.54) is 24.3 Å². The molecular weight excluding hydrogens is 440 g/mol. The average molecular weight is 460 g/mol. The smallest absolute Gasteiger partial charge is 0.326 e. The maximum absolute atomic E-state index is 13.6. The summed E-state index contributed by atoms with van der Waals surface area (Å²) in [5, 5.41) is 18.2. The van der Waals surface area contributed by atoms with Gasteiger partial charge in [-0.1, -0.05) is 24.3 Å². The first-order chi connectivity index (χ1) is 14.8. The van der Waals surface area contributed by atoms with Crippen molar-refractivity contribution in [3.8, 4) is 0 Å². The lowest BCUT2D eigenvalue weighted by atomic mass is 10.1. The first-order valence-electron chi connectivity index (χ1n) is 9.66. The number of nitrogens with zero attached hydrogens (tertiary/aromatic N) is 2. The summed E-state index contributed by atoms with van der Waals surface area (Å²) in [4.78, 5) is 48.3. The van der Waals surface area contributed by atoms with Crippen LogP contribution in [-0.2, 0) is 32.0 Å². The Morgan fingerprint density at radius 3 is 1.34 bits per heavy atom. The molecule has 32 heavy (non-hydrogen) atoms. The molecule has 2 saturated heterocycles. The second kappa shape index (κ2) is 8.40. The van der Waals surface area contributed by atoms with Crippen LogP contribution in [0.2, 0.25) is 0 Å². The van der Waals surface area contributed by atoms with Gasteiger partial charge in [-0.2, -0.15) is 0 Å². The van der Waals surface area contributed by atoms with Crippen molar-refractivity contribution < 1.29 is 47.0 Å². The summed E-state index contributed by atoms with van der Waals surface area (Å²) in [6, 6.07) is 2.48. The van der Waals surface area contributed by atoms with Gasteiger partial charge in [0.25, 0.3) is 11.8 Å². The van der Waals surface area contributed by atoms with Crippen molar-refractivity contribution in [2.24, 2.45) is 0 Å². The lowest BCUT2D eigenvalue weighted by Crippen LogP contribution is -2.41. The van der Waals surface area contributed by atoms with E-state index in [-0.39, 0.29) is 12.8 Å². The van der Waals surface area contributed by atoms with E-state index in [9.17, 15) is 36.7 Å². The number of carboxylic acid groups (broad SMARTS) is 2. The van der Waals surface area contributed by atoms with Gasteiger partial charge >= 0.3 is 11.9 Å². The number of aliphatic carboxylic acids is 2. The fraction of sp³-hybridized carbons (Fsp3) is 0.500. The Balaban J connectivity index is 1.63. The average Bonchev–Trinajstić information content (AvgIpc) is 3.19. The molecule has 12 heteroatoms. The van der Waals surface area contributed by atoms with E-state index >= 15 is 0 Å². The van der Waals surface area contributed by atoms with Crippen LogP contribution in [0.15, 0.2) is 24.3 Å². The van der Waals surface area contributed by atoms with Gasteiger partial charge in [0.05, 0.1) is 25.9 Å². The fourth-order valence-electron chi connectivity index (χ4n) is 3.93. The molecule has 1 aromatic rings. The molecule has 2 atom stereocenters. The first-order valence-corrected chi connectivity index (χ1v) is 9.66. The maximum atomic E-state index is 13.6. The van der Waals surface area contributed by atoms with Crippen LogP contribution in [0.3, 0.4) is 0 Å². The molecule has 2 aliphatic heterocycles. The van der Waals surface area contributed by atoms with Crippen LogP contribution in [-0.4, -0.2) is 80.8 Å². The standard InChI is InChI=1S/C20H20F4N2O6/c21-19(22)7-13(17(29)30)25(9-19)15(27)5-11-1-2-12(4-3-11)6-16(28)26-10-20(23,24)8-14(26)18(31)32/h1-4,13-14H,5-10H2,(H,29,30)(H,31,32)/t13-,14-/m1/s1. The maximum Gasteiger partial charge on any atom is 0.326 e. The van der Waals surface area contributed by atoms with Crippen molar-refractivity contribution >= 4 is 23.8 Å². The second-order valence-corrected chi connectivity index (χ2v) is 8.04. The van der Waals surface area contributed by atoms with Gasteiger partial charge in [0.2, 0.25) is 11.8 Å². The number of amides is 2. The molecule has 1 aromatic carbocycles. The van der Waals surface area contributed by atoms with Crippen LogP contribution in [0.25, 0.3) is 0 Å². The molecule has 2 amide bonds. The van der Waals surface area contributed by atoms with E-state index in [1.54, 1.807) is 0 Å². The van der Waals surface area contributed by atoms with E-state index < -0.39 is 73.6 Å². The van der Waals surface area contributed by atoms with Crippen molar-refractivity contribution in [3.63, 3.8) is 0 Å².